The molecule has 0 aliphatic rings. The quantitative estimate of drug-likeness (QED) is 0.373. The molecule has 3 aromatic rings. The van der Waals surface area contributed by atoms with E-state index in [2.05, 4.69) is 41.0 Å². The van der Waals surface area contributed by atoms with Crippen molar-refractivity contribution in [2.45, 2.75) is 52.2 Å². The number of aryl methyl sites for hydroxylation is 1. The normalized spacial score (nSPS) is 11.3. The molecule has 0 spiro atoms. The van der Waals surface area contributed by atoms with Crippen LogP contribution in [-0.2, 0) is 11.2 Å². The summed E-state index contributed by atoms with van der Waals surface area (Å²) >= 11 is 2.65. The molecule has 3 rings (SSSR count). The van der Waals surface area contributed by atoms with Crippen LogP contribution in [0.3, 0.4) is 0 Å². The fourth-order valence-corrected chi connectivity index (χ4v) is 5.30. The first-order valence-corrected chi connectivity index (χ1v) is 12.4. The highest BCUT2D eigenvalue weighted by Crippen LogP contribution is 2.28. The SMILES string of the molecule is CCc1ccccc1NC(=O)CSc1nc2nc(N(CC)CC)sc2c(=O)n1C(C)C. The molecular formula is C22H29N5O2S2. The molecule has 31 heavy (non-hydrogen) atoms. The van der Waals surface area contributed by atoms with E-state index in [0.717, 1.165) is 35.9 Å². The maximum atomic E-state index is 13.2. The van der Waals surface area contributed by atoms with Crippen molar-refractivity contribution in [3.63, 3.8) is 0 Å². The van der Waals surface area contributed by atoms with Crippen molar-refractivity contribution in [3.05, 3.63) is 40.2 Å². The maximum absolute atomic E-state index is 13.2. The van der Waals surface area contributed by atoms with Crippen LogP contribution in [0.5, 0.6) is 0 Å². The zero-order valence-corrected chi connectivity index (χ0v) is 20.3. The van der Waals surface area contributed by atoms with E-state index in [1.807, 2.05) is 38.1 Å². The Morgan fingerprint density at radius 1 is 1.19 bits per heavy atom. The number of hydrogen-bond acceptors (Lipinski definition) is 7. The van der Waals surface area contributed by atoms with Crippen molar-refractivity contribution in [1.29, 1.82) is 0 Å². The molecule has 0 atom stereocenters. The van der Waals surface area contributed by atoms with Crippen molar-refractivity contribution in [3.8, 4) is 0 Å². The van der Waals surface area contributed by atoms with Gasteiger partial charge < -0.3 is 10.2 Å². The molecule has 1 amide bonds. The average Bonchev–Trinajstić information content (AvgIpc) is 3.17. The van der Waals surface area contributed by atoms with Gasteiger partial charge in [-0.2, -0.15) is 4.98 Å². The summed E-state index contributed by atoms with van der Waals surface area (Å²) in [5.41, 5.74) is 2.26. The molecule has 0 saturated carbocycles. The standard InChI is InChI=1S/C22H29N5O2S2/c1-6-15-11-9-10-12-16(15)23-17(28)13-30-22-25-19-18(20(29)27(22)14(4)5)31-21(24-19)26(7-2)8-3/h9-12,14H,6-8,13H2,1-5H3,(H,23,28). The number of fused-ring (bicyclic) bond motifs is 1. The summed E-state index contributed by atoms with van der Waals surface area (Å²) in [6, 6.07) is 7.70. The number of nitrogens with one attached hydrogen (secondary N) is 1. The first-order valence-electron chi connectivity index (χ1n) is 10.6. The van der Waals surface area contributed by atoms with E-state index in [9.17, 15) is 9.59 Å². The number of benzene rings is 1. The zero-order valence-electron chi connectivity index (χ0n) is 18.6. The fraction of sp³-hybridized carbons (Fsp3) is 0.455. The van der Waals surface area contributed by atoms with Crippen LogP contribution in [-0.4, -0.2) is 39.3 Å². The Labute approximate surface area is 190 Å². The number of rotatable bonds is 9. The van der Waals surface area contributed by atoms with Gasteiger partial charge in [0.1, 0.15) is 4.70 Å². The number of para-hydroxylation sites is 1. The molecule has 9 heteroatoms. The van der Waals surface area contributed by atoms with Crippen LogP contribution in [0.1, 0.15) is 46.2 Å². The number of thioether (sulfide) groups is 1. The first-order chi connectivity index (χ1) is 14.9. The highest BCUT2D eigenvalue weighted by Gasteiger charge is 2.20. The molecule has 1 aromatic carbocycles. The van der Waals surface area contributed by atoms with Gasteiger partial charge in [-0.1, -0.05) is 48.2 Å². The van der Waals surface area contributed by atoms with Crippen LogP contribution < -0.4 is 15.8 Å². The summed E-state index contributed by atoms with van der Waals surface area (Å²) in [5, 5.41) is 4.29. The van der Waals surface area contributed by atoms with Crippen molar-refractivity contribution in [2.24, 2.45) is 0 Å². The van der Waals surface area contributed by atoms with Gasteiger partial charge in [0.2, 0.25) is 5.91 Å². The Morgan fingerprint density at radius 2 is 1.90 bits per heavy atom. The number of anilines is 2. The Bertz CT molecular complexity index is 1120. The van der Waals surface area contributed by atoms with Crippen molar-refractivity contribution >= 4 is 50.2 Å². The van der Waals surface area contributed by atoms with Gasteiger partial charge in [0.15, 0.2) is 15.9 Å². The Kier molecular flexibility index (Phi) is 7.72. The minimum atomic E-state index is -0.127. The molecule has 0 aliphatic carbocycles. The third kappa shape index (κ3) is 5.10. The monoisotopic (exact) mass is 459 g/mol. The third-order valence-electron chi connectivity index (χ3n) is 4.97. The Morgan fingerprint density at radius 3 is 2.55 bits per heavy atom. The molecule has 0 aliphatic heterocycles. The second-order valence-corrected chi connectivity index (χ2v) is 9.25. The van der Waals surface area contributed by atoms with E-state index in [1.54, 1.807) is 4.57 Å². The minimum absolute atomic E-state index is 0.0743. The molecule has 166 valence electrons. The molecule has 0 unspecified atom stereocenters. The van der Waals surface area contributed by atoms with E-state index in [1.165, 1.54) is 23.1 Å². The molecule has 0 bridgehead atoms. The Hall–Kier alpha value is -2.39. The lowest BCUT2D eigenvalue weighted by atomic mass is 10.1. The number of nitrogens with zero attached hydrogens (tertiary/aromatic N) is 4. The summed E-state index contributed by atoms with van der Waals surface area (Å²) in [6.45, 7) is 11.7. The van der Waals surface area contributed by atoms with Gasteiger partial charge in [-0.05, 0) is 45.7 Å². The lowest BCUT2D eigenvalue weighted by Crippen LogP contribution is -2.25. The fourth-order valence-electron chi connectivity index (χ4n) is 3.31. The van der Waals surface area contributed by atoms with Crippen LogP contribution in [0.25, 0.3) is 10.3 Å². The van der Waals surface area contributed by atoms with Crippen molar-refractivity contribution in [1.82, 2.24) is 14.5 Å². The number of thiazole rings is 1. The van der Waals surface area contributed by atoms with E-state index < -0.39 is 0 Å². The molecule has 0 radical (unpaired) electrons. The van der Waals surface area contributed by atoms with Gasteiger partial charge in [0.05, 0.1) is 5.75 Å². The number of carbonyl (C=O) groups is 1. The summed E-state index contributed by atoms with van der Waals surface area (Å²) < 4.78 is 2.21. The smallest absolute Gasteiger partial charge is 0.274 e. The molecule has 2 aromatic heterocycles. The Balaban J connectivity index is 1.87. The van der Waals surface area contributed by atoms with E-state index in [4.69, 9.17) is 0 Å². The van der Waals surface area contributed by atoms with Gasteiger partial charge in [0, 0.05) is 24.8 Å². The molecule has 1 N–H and O–H groups in total. The molecule has 0 fully saturated rings. The topological polar surface area (TPSA) is 80.1 Å². The van der Waals surface area contributed by atoms with Crippen LogP contribution in [0, 0.1) is 0 Å². The highest BCUT2D eigenvalue weighted by molar-refractivity contribution is 7.99. The molecule has 0 saturated heterocycles. The van der Waals surface area contributed by atoms with Gasteiger partial charge in [-0.25, -0.2) is 4.98 Å². The van der Waals surface area contributed by atoms with E-state index in [-0.39, 0.29) is 23.3 Å². The van der Waals surface area contributed by atoms with Crippen LogP contribution in [0.15, 0.2) is 34.2 Å². The summed E-state index contributed by atoms with van der Waals surface area (Å²) in [6.07, 6.45) is 0.841. The first kappa shape index (κ1) is 23.3. The summed E-state index contributed by atoms with van der Waals surface area (Å²) in [7, 11) is 0. The third-order valence-corrected chi connectivity index (χ3v) is 7.02. The van der Waals surface area contributed by atoms with Crippen LogP contribution in [0.2, 0.25) is 0 Å². The van der Waals surface area contributed by atoms with E-state index in [0.29, 0.717) is 15.5 Å². The number of aromatic nitrogens is 3. The zero-order chi connectivity index (χ0) is 22.5. The molecule has 2 heterocycles. The molecular weight excluding hydrogens is 430 g/mol. The highest BCUT2D eigenvalue weighted by atomic mass is 32.2. The number of amides is 1. The number of hydrogen-bond donors (Lipinski definition) is 1. The average molecular weight is 460 g/mol. The van der Waals surface area contributed by atoms with Crippen LogP contribution >= 0.6 is 23.1 Å². The largest absolute Gasteiger partial charge is 0.349 e. The van der Waals surface area contributed by atoms with Gasteiger partial charge >= 0.3 is 0 Å². The second-order valence-electron chi connectivity index (χ2n) is 7.33. The lowest BCUT2D eigenvalue weighted by molar-refractivity contribution is -0.113. The van der Waals surface area contributed by atoms with Crippen molar-refractivity contribution in [2.75, 3.05) is 29.1 Å². The van der Waals surface area contributed by atoms with E-state index >= 15 is 0 Å². The van der Waals surface area contributed by atoms with Gasteiger partial charge in [0.25, 0.3) is 5.56 Å². The summed E-state index contributed by atoms with van der Waals surface area (Å²) in [5.74, 6) is 0.0353. The lowest BCUT2D eigenvalue weighted by Gasteiger charge is -2.15. The predicted molar refractivity (Wildman–Crippen MR) is 131 cm³/mol. The second kappa shape index (κ2) is 10.3. The molecule has 7 nitrogen and oxygen atoms in total. The van der Waals surface area contributed by atoms with Gasteiger partial charge in [-0.15, -0.1) is 0 Å². The van der Waals surface area contributed by atoms with Crippen LogP contribution in [0.4, 0.5) is 10.8 Å². The number of carbonyl (C=O) groups excluding carboxylic acids is 1. The summed E-state index contributed by atoms with van der Waals surface area (Å²) in [4.78, 5) is 37.1. The van der Waals surface area contributed by atoms with Gasteiger partial charge in [-0.3, -0.25) is 14.2 Å². The maximum Gasteiger partial charge on any atom is 0.274 e. The van der Waals surface area contributed by atoms with Crippen molar-refractivity contribution < 1.29 is 4.79 Å². The minimum Gasteiger partial charge on any atom is -0.349 e. The predicted octanol–water partition coefficient (Wildman–Crippen LogP) is 4.57.